The zero-order chi connectivity index (χ0) is 17.7. The van der Waals surface area contributed by atoms with E-state index in [1.165, 1.54) is 17.4 Å². The molecular formula is C17H20N8O. The van der Waals surface area contributed by atoms with Crippen molar-refractivity contribution in [1.82, 2.24) is 29.1 Å². The SMILES string of the molecule is Cn1cnc(N2CCN(c3ncnc4c3ncn4C3CC3)CC2)cc1=O. The van der Waals surface area contributed by atoms with Crippen molar-refractivity contribution < 1.29 is 0 Å². The van der Waals surface area contributed by atoms with Gasteiger partial charge in [-0.3, -0.25) is 4.79 Å². The summed E-state index contributed by atoms with van der Waals surface area (Å²) in [5, 5.41) is 0. The van der Waals surface area contributed by atoms with E-state index < -0.39 is 0 Å². The summed E-state index contributed by atoms with van der Waals surface area (Å²) in [5.41, 5.74) is 1.76. The first kappa shape index (κ1) is 15.3. The number of hydrogen-bond donors (Lipinski definition) is 0. The Morgan fingerprint density at radius 2 is 1.73 bits per heavy atom. The Labute approximate surface area is 149 Å². The maximum atomic E-state index is 11.8. The summed E-state index contributed by atoms with van der Waals surface area (Å²) < 4.78 is 3.65. The second kappa shape index (κ2) is 5.79. The van der Waals surface area contributed by atoms with Crippen LogP contribution in [-0.2, 0) is 7.05 Å². The normalized spacial score (nSPS) is 17.9. The maximum Gasteiger partial charge on any atom is 0.255 e. The van der Waals surface area contributed by atoms with Crippen LogP contribution in [0.1, 0.15) is 18.9 Å². The van der Waals surface area contributed by atoms with Gasteiger partial charge in [0.25, 0.3) is 5.56 Å². The van der Waals surface area contributed by atoms with Crippen molar-refractivity contribution in [1.29, 1.82) is 0 Å². The van der Waals surface area contributed by atoms with Crippen molar-refractivity contribution in [3.05, 3.63) is 35.4 Å². The highest BCUT2D eigenvalue weighted by Crippen LogP contribution is 2.37. The quantitative estimate of drug-likeness (QED) is 0.682. The summed E-state index contributed by atoms with van der Waals surface area (Å²) in [5.74, 6) is 1.63. The van der Waals surface area contributed by atoms with Gasteiger partial charge in [0.15, 0.2) is 17.0 Å². The lowest BCUT2D eigenvalue weighted by atomic mass is 10.3. The van der Waals surface area contributed by atoms with Crippen molar-refractivity contribution in [2.75, 3.05) is 36.0 Å². The van der Waals surface area contributed by atoms with Crippen LogP contribution in [0.2, 0.25) is 0 Å². The van der Waals surface area contributed by atoms with E-state index in [1.807, 2.05) is 6.33 Å². The minimum absolute atomic E-state index is 0.0412. The van der Waals surface area contributed by atoms with E-state index in [4.69, 9.17) is 0 Å². The Morgan fingerprint density at radius 3 is 2.46 bits per heavy atom. The highest BCUT2D eigenvalue weighted by atomic mass is 16.1. The summed E-state index contributed by atoms with van der Waals surface area (Å²) in [7, 11) is 1.71. The molecule has 1 aliphatic carbocycles. The average Bonchev–Trinajstić information content (AvgIpc) is 3.42. The Hall–Kier alpha value is -2.97. The number of imidazole rings is 1. The lowest BCUT2D eigenvalue weighted by Crippen LogP contribution is -2.47. The fraction of sp³-hybridized carbons (Fsp3) is 0.471. The molecule has 2 aliphatic rings. The molecule has 9 nitrogen and oxygen atoms in total. The van der Waals surface area contributed by atoms with E-state index in [1.54, 1.807) is 25.8 Å². The molecule has 3 aromatic rings. The van der Waals surface area contributed by atoms with Crippen LogP contribution in [0.4, 0.5) is 11.6 Å². The van der Waals surface area contributed by atoms with Gasteiger partial charge in [0, 0.05) is 45.3 Å². The van der Waals surface area contributed by atoms with Gasteiger partial charge in [-0.25, -0.2) is 19.9 Å². The van der Waals surface area contributed by atoms with Gasteiger partial charge < -0.3 is 18.9 Å². The lowest BCUT2D eigenvalue weighted by Gasteiger charge is -2.35. The molecule has 3 aromatic heterocycles. The Balaban J connectivity index is 1.37. The summed E-state index contributed by atoms with van der Waals surface area (Å²) in [4.78, 5) is 34.1. The van der Waals surface area contributed by atoms with Crippen molar-refractivity contribution in [2.45, 2.75) is 18.9 Å². The largest absolute Gasteiger partial charge is 0.353 e. The molecule has 1 saturated carbocycles. The molecule has 2 fully saturated rings. The molecule has 0 unspecified atom stereocenters. The number of aryl methyl sites for hydroxylation is 1. The van der Waals surface area contributed by atoms with Gasteiger partial charge in [0.1, 0.15) is 12.1 Å². The van der Waals surface area contributed by atoms with Gasteiger partial charge in [-0.05, 0) is 12.8 Å². The van der Waals surface area contributed by atoms with E-state index >= 15 is 0 Å². The summed E-state index contributed by atoms with van der Waals surface area (Å²) >= 11 is 0. The predicted molar refractivity (Wildman–Crippen MR) is 97.5 cm³/mol. The third-order valence-electron chi connectivity index (χ3n) is 5.15. The molecule has 0 radical (unpaired) electrons. The van der Waals surface area contributed by atoms with Gasteiger partial charge in [0.05, 0.1) is 12.7 Å². The molecule has 0 bridgehead atoms. The van der Waals surface area contributed by atoms with E-state index in [0.717, 1.165) is 49.0 Å². The number of piperazine rings is 1. The molecule has 1 aliphatic heterocycles. The van der Waals surface area contributed by atoms with Gasteiger partial charge in [-0.2, -0.15) is 0 Å². The third-order valence-corrected chi connectivity index (χ3v) is 5.15. The summed E-state index contributed by atoms with van der Waals surface area (Å²) in [6.45, 7) is 3.18. The average molecular weight is 352 g/mol. The van der Waals surface area contributed by atoms with Gasteiger partial charge >= 0.3 is 0 Å². The molecule has 1 saturated heterocycles. The number of nitrogens with zero attached hydrogens (tertiary/aromatic N) is 8. The molecule has 4 heterocycles. The van der Waals surface area contributed by atoms with Crippen LogP contribution in [0.25, 0.3) is 11.2 Å². The second-order valence-electron chi connectivity index (χ2n) is 6.92. The molecule has 0 amide bonds. The fourth-order valence-corrected chi connectivity index (χ4v) is 3.46. The molecule has 134 valence electrons. The van der Waals surface area contributed by atoms with Gasteiger partial charge in [-0.15, -0.1) is 0 Å². The van der Waals surface area contributed by atoms with Gasteiger partial charge in [0.2, 0.25) is 0 Å². The monoisotopic (exact) mass is 352 g/mol. The van der Waals surface area contributed by atoms with Crippen LogP contribution in [0.5, 0.6) is 0 Å². The summed E-state index contributed by atoms with van der Waals surface area (Å²) in [6.07, 6.45) is 7.50. The second-order valence-corrected chi connectivity index (χ2v) is 6.92. The Morgan fingerprint density at radius 1 is 0.962 bits per heavy atom. The number of anilines is 2. The number of aromatic nitrogens is 6. The molecule has 0 atom stereocenters. The van der Waals surface area contributed by atoms with Gasteiger partial charge in [-0.1, -0.05) is 0 Å². The van der Waals surface area contributed by atoms with Crippen molar-refractivity contribution in [3.8, 4) is 0 Å². The van der Waals surface area contributed by atoms with Crippen molar-refractivity contribution in [3.63, 3.8) is 0 Å². The van der Waals surface area contributed by atoms with Crippen LogP contribution in [0.15, 0.2) is 29.8 Å². The molecule has 0 spiro atoms. The lowest BCUT2D eigenvalue weighted by molar-refractivity contribution is 0.639. The van der Waals surface area contributed by atoms with E-state index in [9.17, 15) is 4.79 Å². The molecule has 5 rings (SSSR count). The van der Waals surface area contributed by atoms with Crippen LogP contribution < -0.4 is 15.4 Å². The first-order chi connectivity index (χ1) is 12.7. The zero-order valence-corrected chi connectivity index (χ0v) is 14.6. The highest BCUT2D eigenvalue weighted by Gasteiger charge is 2.28. The standard InChI is InChI=1S/C17H20N8O/c1-22-10-20-13(8-14(22)26)23-4-6-24(7-5-23)16-15-17(19-9-18-16)25(11-21-15)12-2-3-12/h8-12H,2-7H2,1H3. The van der Waals surface area contributed by atoms with E-state index in [0.29, 0.717) is 6.04 Å². The first-order valence-corrected chi connectivity index (χ1v) is 8.91. The van der Waals surface area contributed by atoms with Crippen LogP contribution in [0.3, 0.4) is 0 Å². The Kier molecular flexibility index (Phi) is 3.41. The van der Waals surface area contributed by atoms with Crippen molar-refractivity contribution in [2.24, 2.45) is 7.05 Å². The van der Waals surface area contributed by atoms with Crippen LogP contribution in [0, 0.1) is 0 Å². The number of rotatable bonds is 3. The van der Waals surface area contributed by atoms with E-state index in [-0.39, 0.29) is 5.56 Å². The molecule has 0 aromatic carbocycles. The zero-order valence-electron chi connectivity index (χ0n) is 14.6. The minimum atomic E-state index is -0.0412. The molecular weight excluding hydrogens is 332 g/mol. The first-order valence-electron chi connectivity index (χ1n) is 8.91. The molecule has 0 N–H and O–H groups in total. The number of fused-ring (bicyclic) bond motifs is 1. The smallest absolute Gasteiger partial charge is 0.255 e. The molecule has 26 heavy (non-hydrogen) atoms. The van der Waals surface area contributed by atoms with E-state index in [2.05, 4.69) is 34.3 Å². The fourth-order valence-electron chi connectivity index (χ4n) is 3.46. The maximum absolute atomic E-state index is 11.8. The van der Waals surface area contributed by atoms with Crippen LogP contribution >= 0.6 is 0 Å². The number of hydrogen-bond acceptors (Lipinski definition) is 7. The van der Waals surface area contributed by atoms with Crippen LogP contribution in [-0.4, -0.2) is 55.2 Å². The summed E-state index contributed by atoms with van der Waals surface area (Å²) in [6, 6.07) is 2.14. The minimum Gasteiger partial charge on any atom is -0.353 e. The highest BCUT2D eigenvalue weighted by molar-refractivity contribution is 5.83. The topological polar surface area (TPSA) is 85.0 Å². The predicted octanol–water partition coefficient (Wildman–Crippen LogP) is 0.581. The molecule has 9 heteroatoms. The Bertz CT molecular complexity index is 1010. The third kappa shape index (κ3) is 2.51. The van der Waals surface area contributed by atoms with Crippen molar-refractivity contribution >= 4 is 22.8 Å².